The van der Waals surface area contributed by atoms with E-state index in [1.54, 1.807) is 6.20 Å². The summed E-state index contributed by atoms with van der Waals surface area (Å²) in [7, 11) is 0. The maximum atomic E-state index is 9.41. The lowest BCUT2D eigenvalue weighted by Gasteiger charge is -2.09. The maximum Gasteiger partial charge on any atom is 0.143 e. The van der Waals surface area contributed by atoms with Crippen molar-refractivity contribution in [2.24, 2.45) is 0 Å². The van der Waals surface area contributed by atoms with Crippen molar-refractivity contribution >= 4 is 27.7 Å². The van der Waals surface area contributed by atoms with Crippen LogP contribution in [0.15, 0.2) is 32.9 Å². The summed E-state index contributed by atoms with van der Waals surface area (Å²) in [5, 5.41) is 19.2. The zero-order valence-corrected chi connectivity index (χ0v) is 13.6. The van der Waals surface area contributed by atoms with E-state index in [0.717, 1.165) is 33.6 Å². The first-order valence-electron chi connectivity index (χ1n) is 6.27. The number of nitrogens with zero attached hydrogens (tertiary/aromatic N) is 4. The zero-order chi connectivity index (χ0) is 14.5. The maximum absolute atomic E-state index is 9.41. The minimum atomic E-state index is 0.620. The summed E-state index contributed by atoms with van der Waals surface area (Å²) in [6, 6.07) is 6.06. The van der Waals surface area contributed by atoms with Crippen molar-refractivity contribution in [2.75, 3.05) is 0 Å². The molecule has 0 bridgehead atoms. The van der Waals surface area contributed by atoms with Gasteiger partial charge in [-0.2, -0.15) is 10.4 Å². The molecule has 4 nitrogen and oxygen atoms in total. The van der Waals surface area contributed by atoms with E-state index in [1.807, 2.05) is 26.0 Å². The second-order valence-corrected chi connectivity index (χ2v) is 5.97. The molecule has 0 atom stereocenters. The zero-order valence-electron chi connectivity index (χ0n) is 11.2. The van der Waals surface area contributed by atoms with Crippen LogP contribution >= 0.6 is 27.7 Å². The second kappa shape index (κ2) is 6.82. The molecule has 102 valence electrons. The Morgan fingerprint density at radius 2 is 2.05 bits per heavy atom. The Morgan fingerprint density at radius 1 is 1.25 bits per heavy atom. The lowest BCUT2D eigenvalue weighted by molar-refractivity contribution is 0.817. The van der Waals surface area contributed by atoms with Crippen LogP contribution in [0.25, 0.3) is 0 Å². The number of aromatic nitrogens is 3. The molecule has 2 aromatic heterocycles. The van der Waals surface area contributed by atoms with Crippen LogP contribution in [-0.4, -0.2) is 15.2 Å². The predicted molar refractivity (Wildman–Crippen MR) is 81.6 cm³/mol. The molecule has 0 saturated heterocycles. The van der Waals surface area contributed by atoms with Gasteiger partial charge < -0.3 is 0 Å². The van der Waals surface area contributed by atoms with Crippen molar-refractivity contribution in [3.8, 4) is 6.07 Å². The number of nitriles is 1. The van der Waals surface area contributed by atoms with Crippen LogP contribution < -0.4 is 0 Å². The van der Waals surface area contributed by atoms with E-state index in [2.05, 4.69) is 37.2 Å². The van der Waals surface area contributed by atoms with Crippen molar-refractivity contribution in [2.45, 2.75) is 36.7 Å². The largest absolute Gasteiger partial charge is 0.248 e. The van der Waals surface area contributed by atoms with Crippen molar-refractivity contribution in [1.82, 2.24) is 15.2 Å². The van der Waals surface area contributed by atoms with Gasteiger partial charge in [-0.05, 0) is 58.2 Å². The van der Waals surface area contributed by atoms with Gasteiger partial charge in [-0.15, -0.1) is 5.10 Å². The molecule has 0 spiro atoms. The van der Waals surface area contributed by atoms with Crippen LogP contribution in [0, 0.1) is 11.3 Å². The van der Waals surface area contributed by atoms with Crippen LogP contribution in [0.4, 0.5) is 0 Å². The van der Waals surface area contributed by atoms with Gasteiger partial charge in [0.15, 0.2) is 0 Å². The van der Waals surface area contributed by atoms with E-state index < -0.39 is 0 Å². The lowest BCUT2D eigenvalue weighted by atomic mass is 10.1. The predicted octanol–water partition coefficient (Wildman–Crippen LogP) is 3.78. The summed E-state index contributed by atoms with van der Waals surface area (Å²) in [6.07, 6.45) is 3.29. The molecule has 0 amide bonds. The van der Waals surface area contributed by atoms with Gasteiger partial charge in [0.1, 0.15) is 16.1 Å². The Hall–Kier alpha value is -1.45. The highest BCUT2D eigenvalue weighted by Crippen LogP contribution is 2.29. The van der Waals surface area contributed by atoms with E-state index in [-0.39, 0.29) is 0 Å². The van der Waals surface area contributed by atoms with Gasteiger partial charge in [0.05, 0.1) is 11.3 Å². The molecular formula is C14H13BrN4S. The van der Waals surface area contributed by atoms with Crippen molar-refractivity contribution < 1.29 is 0 Å². The van der Waals surface area contributed by atoms with Gasteiger partial charge in [-0.25, -0.2) is 4.98 Å². The minimum Gasteiger partial charge on any atom is -0.248 e. The summed E-state index contributed by atoms with van der Waals surface area (Å²) >= 11 is 4.72. The minimum absolute atomic E-state index is 0.620. The first-order valence-corrected chi connectivity index (χ1v) is 7.88. The molecule has 2 heterocycles. The Labute approximate surface area is 130 Å². The highest BCUT2D eigenvalue weighted by atomic mass is 79.9. The smallest absolute Gasteiger partial charge is 0.143 e. The molecule has 6 heteroatoms. The summed E-state index contributed by atoms with van der Waals surface area (Å²) in [4.78, 5) is 4.29. The molecule has 0 aromatic carbocycles. The Bertz CT molecular complexity index is 649. The molecule has 0 N–H and O–H groups in total. The number of halogens is 1. The fourth-order valence-corrected chi connectivity index (χ4v) is 2.89. The average Bonchev–Trinajstić information content (AvgIpc) is 2.48. The fourth-order valence-electron chi connectivity index (χ4n) is 1.86. The van der Waals surface area contributed by atoms with Gasteiger partial charge in [-0.1, -0.05) is 13.8 Å². The first kappa shape index (κ1) is 14.9. The van der Waals surface area contributed by atoms with Crippen LogP contribution in [0.3, 0.4) is 0 Å². The number of pyridine rings is 1. The van der Waals surface area contributed by atoms with Crippen molar-refractivity contribution in [3.63, 3.8) is 0 Å². The van der Waals surface area contributed by atoms with Gasteiger partial charge >= 0.3 is 0 Å². The standard InChI is InChI=1S/C14H13BrN4S/c1-3-10-11(7-16)14(19-18-12(10)4-2)20-13-6-5-9(15)8-17-13/h5-6,8H,3-4H2,1-2H3. The average molecular weight is 349 g/mol. The highest BCUT2D eigenvalue weighted by Gasteiger charge is 2.15. The highest BCUT2D eigenvalue weighted by molar-refractivity contribution is 9.10. The number of rotatable bonds is 4. The van der Waals surface area contributed by atoms with Gasteiger partial charge in [0, 0.05) is 10.7 Å². The van der Waals surface area contributed by atoms with Crippen LogP contribution in [-0.2, 0) is 12.8 Å². The third-order valence-corrected chi connectivity index (χ3v) is 4.23. The van der Waals surface area contributed by atoms with E-state index in [4.69, 9.17) is 0 Å². The van der Waals surface area contributed by atoms with Crippen LogP contribution in [0.2, 0.25) is 0 Å². The lowest BCUT2D eigenvalue weighted by Crippen LogP contribution is -2.04. The Balaban J connectivity index is 2.42. The SMILES string of the molecule is CCc1nnc(Sc2ccc(Br)cn2)c(C#N)c1CC. The van der Waals surface area contributed by atoms with E-state index in [0.29, 0.717) is 10.6 Å². The van der Waals surface area contributed by atoms with Gasteiger partial charge in [0.2, 0.25) is 0 Å². The Kier molecular flexibility index (Phi) is 5.10. The fraction of sp³-hybridized carbons (Fsp3) is 0.286. The molecule has 2 aromatic rings. The van der Waals surface area contributed by atoms with Crippen molar-refractivity contribution in [3.05, 3.63) is 39.6 Å². The van der Waals surface area contributed by atoms with Gasteiger partial charge in [-0.3, -0.25) is 0 Å². The Morgan fingerprint density at radius 3 is 2.60 bits per heavy atom. The normalized spacial score (nSPS) is 10.3. The summed E-state index contributed by atoms with van der Waals surface area (Å²) in [5.41, 5.74) is 2.51. The summed E-state index contributed by atoms with van der Waals surface area (Å²) < 4.78 is 0.920. The summed E-state index contributed by atoms with van der Waals surface area (Å²) in [5.74, 6) is 0. The van der Waals surface area contributed by atoms with Crippen LogP contribution in [0.5, 0.6) is 0 Å². The molecule has 0 saturated carbocycles. The molecule has 0 unspecified atom stereocenters. The third-order valence-electron chi connectivity index (χ3n) is 2.83. The molecule has 0 fully saturated rings. The van der Waals surface area contributed by atoms with Gasteiger partial charge in [0.25, 0.3) is 0 Å². The van der Waals surface area contributed by atoms with E-state index in [1.165, 1.54) is 11.8 Å². The van der Waals surface area contributed by atoms with Crippen LogP contribution in [0.1, 0.15) is 30.7 Å². The molecule has 0 aliphatic heterocycles. The molecule has 0 aliphatic rings. The molecule has 20 heavy (non-hydrogen) atoms. The van der Waals surface area contributed by atoms with E-state index >= 15 is 0 Å². The van der Waals surface area contributed by atoms with Crippen molar-refractivity contribution in [1.29, 1.82) is 5.26 Å². The molecule has 0 radical (unpaired) electrons. The number of aryl methyl sites for hydroxylation is 1. The van der Waals surface area contributed by atoms with E-state index in [9.17, 15) is 5.26 Å². The second-order valence-electron chi connectivity index (χ2n) is 4.04. The first-order chi connectivity index (χ1) is 9.69. The molecule has 2 rings (SSSR count). The monoisotopic (exact) mass is 348 g/mol. The number of hydrogen-bond donors (Lipinski definition) is 0. The third kappa shape index (κ3) is 3.17. The topological polar surface area (TPSA) is 62.5 Å². The summed E-state index contributed by atoms with van der Waals surface area (Å²) in [6.45, 7) is 4.05. The molecular weight excluding hydrogens is 336 g/mol. The molecule has 0 aliphatic carbocycles. The number of hydrogen-bond acceptors (Lipinski definition) is 5. The quantitative estimate of drug-likeness (QED) is 0.841.